The van der Waals surface area contributed by atoms with Crippen LogP contribution in [-0.2, 0) is 13.0 Å². The highest BCUT2D eigenvalue weighted by atomic mass is 15.1. The van der Waals surface area contributed by atoms with Gasteiger partial charge in [-0.25, -0.2) is 0 Å². The van der Waals surface area contributed by atoms with Crippen molar-refractivity contribution in [3.8, 4) is 0 Å². The van der Waals surface area contributed by atoms with Crippen LogP contribution >= 0.6 is 0 Å². The quantitative estimate of drug-likeness (QED) is 0.632. The highest BCUT2D eigenvalue weighted by molar-refractivity contribution is 5.53. The van der Waals surface area contributed by atoms with Gasteiger partial charge >= 0.3 is 0 Å². The number of nitrogens with two attached hydrogens (primary N) is 1. The van der Waals surface area contributed by atoms with Gasteiger partial charge in [-0.15, -0.1) is 0 Å². The SMILES string of the molecule is CN1Cc2cc(N)cc3c2C1CCC3. The molecule has 0 aromatic heterocycles. The maximum Gasteiger partial charge on any atom is 0.0354 e. The molecule has 1 unspecified atom stereocenters. The van der Waals surface area contributed by atoms with Crippen molar-refractivity contribution in [1.82, 2.24) is 4.90 Å². The molecule has 0 saturated heterocycles. The van der Waals surface area contributed by atoms with Crippen LogP contribution in [0.1, 0.15) is 35.6 Å². The van der Waals surface area contributed by atoms with E-state index in [2.05, 4.69) is 24.1 Å². The number of anilines is 1. The largest absolute Gasteiger partial charge is 0.399 e. The summed E-state index contributed by atoms with van der Waals surface area (Å²) in [5.74, 6) is 0. The van der Waals surface area contributed by atoms with Crippen LogP contribution < -0.4 is 5.73 Å². The number of aryl methyl sites for hydroxylation is 1. The minimum atomic E-state index is 0.675. The normalized spacial score (nSPS) is 25.1. The van der Waals surface area contributed by atoms with Gasteiger partial charge in [0, 0.05) is 18.3 Å². The van der Waals surface area contributed by atoms with Crippen LogP contribution in [0.3, 0.4) is 0 Å². The number of nitrogen functional groups attached to an aromatic ring is 1. The van der Waals surface area contributed by atoms with Crippen molar-refractivity contribution in [3.63, 3.8) is 0 Å². The second kappa shape index (κ2) is 2.74. The summed E-state index contributed by atoms with van der Waals surface area (Å²) in [5.41, 5.74) is 11.4. The lowest BCUT2D eigenvalue weighted by Crippen LogP contribution is -2.19. The lowest BCUT2D eigenvalue weighted by atomic mass is 9.86. The van der Waals surface area contributed by atoms with Crippen molar-refractivity contribution in [2.75, 3.05) is 12.8 Å². The molecule has 3 rings (SSSR count). The van der Waals surface area contributed by atoms with E-state index in [1.165, 1.54) is 30.4 Å². The predicted octanol–water partition coefficient (Wildman–Crippen LogP) is 2.09. The molecule has 0 saturated carbocycles. The number of benzene rings is 1. The molecule has 2 heteroatoms. The van der Waals surface area contributed by atoms with Crippen LogP contribution in [0.4, 0.5) is 5.69 Å². The summed E-state index contributed by atoms with van der Waals surface area (Å²) in [6.07, 6.45) is 3.85. The molecule has 1 heterocycles. The molecular weight excluding hydrogens is 172 g/mol. The molecule has 2 nitrogen and oxygen atoms in total. The lowest BCUT2D eigenvalue weighted by molar-refractivity contribution is 0.245. The van der Waals surface area contributed by atoms with E-state index in [1.807, 2.05) is 0 Å². The molecular formula is C12H16N2. The summed E-state index contributed by atoms with van der Waals surface area (Å²) < 4.78 is 0. The Bertz CT molecular complexity index is 384. The molecule has 14 heavy (non-hydrogen) atoms. The van der Waals surface area contributed by atoms with Gasteiger partial charge in [-0.2, -0.15) is 0 Å². The molecule has 0 bridgehead atoms. The Morgan fingerprint density at radius 2 is 2.14 bits per heavy atom. The van der Waals surface area contributed by atoms with Gasteiger partial charge in [-0.3, -0.25) is 4.90 Å². The molecule has 0 amide bonds. The van der Waals surface area contributed by atoms with Crippen LogP contribution in [0.25, 0.3) is 0 Å². The van der Waals surface area contributed by atoms with Crippen molar-refractivity contribution in [2.45, 2.75) is 31.8 Å². The zero-order valence-corrected chi connectivity index (χ0v) is 8.59. The molecule has 1 aliphatic carbocycles. The Balaban J connectivity index is 2.21. The number of hydrogen-bond donors (Lipinski definition) is 1. The Morgan fingerprint density at radius 1 is 1.36 bits per heavy atom. The Kier molecular flexibility index (Phi) is 1.62. The summed E-state index contributed by atoms with van der Waals surface area (Å²) in [4.78, 5) is 2.45. The fraction of sp³-hybridized carbons (Fsp3) is 0.500. The zero-order chi connectivity index (χ0) is 9.71. The van der Waals surface area contributed by atoms with Gasteiger partial charge in [0.1, 0.15) is 0 Å². The molecule has 0 spiro atoms. The first-order valence-electron chi connectivity index (χ1n) is 5.37. The van der Waals surface area contributed by atoms with Crippen molar-refractivity contribution >= 4 is 5.69 Å². The molecule has 0 fully saturated rings. The Hall–Kier alpha value is -1.02. The first-order valence-corrected chi connectivity index (χ1v) is 5.37. The molecule has 1 aromatic rings. The van der Waals surface area contributed by atoms with Crippen LogP contribution in [0.5, 0.6) is 0 Å². The van der Waals surface area contributed by atoms with Gasteiger partial charge < -0.3 is 5.73 Å². The molecule has 1 aromatic carbocycles. The molecule has 74 valence electrons. The van der Waals surface area contributed by atoms with Crippen molar-refractivity contribution in [3.05, 3.63) is 28.8 Å². The van der Waals surface area contributed by atoms with Gasteiger partial charge in [0.15, 0.2) is 0 Å². The number of rotatable bonds is 0. The molecule has 0 radical (unpaired) electrons. The Labute approximate surface area is 84.7 Å². The van der Waals surface area contributed by atoms with E-state index in [9.17, 15) is 0 Å². The van der Waals surface area contributed by atoms with Crippen LogP contribution in [0.15, 0.2) is 12.1 Å². The first kappa shape index (κ1) is 8.30. The lowest BCUT2D eigenvalue weighted by Gasteiger charge is -2.26. The summed E-state index contributed by atoms with van der Waals surface area (Å²) in [6.45, 7) is 1.08. The summed E-state index contributed by atoms with van der Waals surface area (Å²) >= 11 is 0. The smallest absolute Gasteiger partial charge is 0.0354 e. The predicted molar refractivity (Wildman–Crippen MR) is 58.0 cm³/mol. The van der Waals surface area contributed by atoms with E-state index in [1.54, 1.807) is 5.56 Å². The molecule has 2 aliphatic rings. The minimum absolute atomic E-state index is 0.675. The molecule has 1 atom stereocenters. The van der Waals surface area contributed by atoms with Crippen molar-refractivity contribution in [1.29, 1.82) is 0 Å². The van der Waals surface area contributed by atoms with E-state index < -0.39 is 0 Å². The maximum atomic E-state index is 5.90. The first-order chi connectivity index (χ1) is 6.75. The fourth-order valence-electron chi connectivity index (χ4n) is 3.02. The second-order valence-electron chi connectivity index (χ2n) is 4.58. The second-order valence-corrected chi connectivity index (χ2v) is 4.58. The van der Waals surface area contributed by atoms with Gasteiger partial charge in [0.05, 0.1) is 0 Å². The average Bonchev–Trinajstić information content (AvgIpc) is 2.45. The van der Waals surface area contributed by atoms with Crippen LogP contribution in [-0.4, -0.2) is 11.9 Å². The van der Waals surface area contributed by atoms with E-state index in [0.29, 0.717) is 6.04 Å². The average molecular weight is 188 g/mol. The third-order valence-corrected chi connectivity index (χ3v) is 3.58. The summed E-state index contributed by atoms with van der Waals surface area (Å²) in [7, 11) is 2.22. The monoisotopic (exact) mass is 188 g/mol. The van der Waals surface area contributed by atoms with E-state index >= 15 is 0 Å². The van der Waals surface area contributed by atoms with Gasteiger partial charge in [-0.1, -0.05) is 0 Å². The van der Waals surface area contributed by atoms with Crippen LogP contribution in [0.2, 0.25) is 0 Å². The topological polar surface area (TPSA) is 29.3 Å². The van der Waals surface area contributed by atoms with E-state index in [0.717, 1.165) is 12.2 Å². The van der Waals surface area contributed by atoms with Gasteiger partial charge in [0.2, 0.25) is 0 Å². The van der Waals surface area contributed by atoms with Crippen molar-refractivity contribution in [2.24, 2.45) is 0 Å². The van der Waals surface area contributed by atoms with E-state index in [4.69, 9.17) is 5.73 Å². The van der Waals surface area contributed by atoms with Gasteiger partial charge in [-0.05, 0) is 55.1 Å². The van der Waals surface area contributed by atoms with Gasteiger partial charge in [0.25, 0.3) is 0 Å². The summed E-state index contributed by atoms with van der Waals surface area (Å²) in [5, 5.41) is 0. The standard InChI is InChI=1S/C12H16N2/c1-14-7-9-6-10(13)5-8-3-2-4-11(14)12(8)9/h5-6,11H,2-4,7,13H2,1H3. The maximum absolute atomic E-state index is 5.90. The third kappa shape index (κ3) is 1.01. The summed E-state index contributed by atoms with van der Waals surface area (Å²) in [6, 6.07) is 5.00. The fourth-order valence-corrected chi connectivity index (χ4v) is 3.02. The highest BCUT2D eigenvalue weighted by Gasteiger charge is 2.32. The molecule has 2 N–H and O–H groups in total. The minimum Gasteiger partial charge on any atom is -0.399 e. The van der Waals surface area contributed by atoms with Crippen molar-refractivity contribution < 1.29 is 0 Å². The highest BCUT2D eigenvalue weighted by Crippen LogP contribution is 2.42. The molecule has 1 aliphatic heterocycles. The number of hydrogen-bond acceptors (Lipinski definition) is 2. The van der Waals surface area contributed by atoms with E-state index in [-0.39, 0.29) is 0 Å². The third-order valence-electron chi connectivity index (χ3n) is 3.58. The zero-order valence-electron chi connectivity index (χ0n) is 8.59. The number of nitrogens with zero attached hydrogens (tertiary/aromatic N) is 1. The van der Waals surface area contributed by atoms with Crippen LogP contribution in [0, 0.1) is 0 Å². The Morgan fingerprint density at radius 3 is 3.00 bits per heavy atom.